The molecule has 0 spiro atoms. The second kappa shape index (κ2) is 6.42. The maximum Gasteiger partial charge on any atom is 0.173 e. The van der Waals surface area contributed by atoms with Gasteiger partial charge < -0.3 is 5.11 Å². The van der Waals surface area contributed by atoms with Crippen molar-refractivity contribution in [3.8, 4) is 0 Å². The van der Waals surface area contributed by atoms with E-state index in [2.05, 4.69) is 21.0 Å². The molecule has 1 heterocycles. The lowest BCUT2D eigenvalue weighted by molar-refractivity contribution is 0.174. The van der Waals surface area contributed by atoms with Crippen LogP contribution in [-0.2, 0) is 13.0 Å². The molecule has 1 N–H and O–H groups in total. The van der Waals surface area contributed by atoms with Gasteiger partial charge in [0.2, 0.25) is 0 Å². The van der Waals surface area contributed by atoms with Crippen molar-refractivity contribution in [3.05, 3.63) is 50.2 Å². The predicted octanol–water partition coefficient (Wildman–Crippen LogP) is 4.18. The van der Waals surface area contributed by atoms with Crippen LogP contribution in [0.2, 0.25) is 5.02 Å². The molecule has 114 valence electrons. The highest BCUT2D eigenvalue weighted by molar-refractivity contribution is 9.10. The van der Waals surface area contributed by atoms with Crippen molar-refractivity contribution >= 4 is 27.5 Å². The summed E-state index contributed by atoms with van der Waals surface area (Å²) in [7, 11) is 0. The summed E-state index contributed by atoms with van der Waals surface area (Å²) in [4.78, 5) is 0. The fourth-order valence-electron chi connectivity index (χ4n) is 2.16. The Hall–Kier alpha value is -0.980. The topological polar surface area (TPSA) is 38.0 Å². The van der Waals surface area contributed by atoms with E-state index in [4.69, 9.17) is 11.6 Å². The number of aliphatic hydroxyl groups is 1. The fourth-order valence-corrected chi connectivity index (χ4v) is 2.95. The number of nitrogens with zero attached hydrogens (tertiary/aromatic N) is 2. The first-order valence-corrected chi connectivity index (χ1v) is 7.57. The number of halogens is 4. The van der Waals surface area contributed by atoms with E-state index < -0.39 is 17.7 Å². The highest BCUT2D eigenvalue weighted by Crippen LogP contribution is 2.31. The molecule has 0 saturated carbocycles. The Morgan fingerprint density at radius 2 is 2.10 bits per heavy atom. The maximum atomic E-state index is 13.5. The quantitative estimate of drug-likeness (QED) is 0.809. The average Bonchev–Trinajstić information content (AvgIpc) is 2.72. The molecule has 1 aromatic carbocycles. The highest BCUT2D eigenvalue weighted by Gasteiger charge is 2.21. The van der Waals surface area contributed by atoms with Crippen LogP contribution >= 0.6 is 27.5 Å². The molecule has 21 heavy (non-hydrogen) atoms. The van der Waals surface area contributed by atoms with E-state index in [9.17, 15) is 13.9 Å². The third kappa shape index (κ3) is 3.12. The zero-order chi connectivity index (χ0) is 15.7. The molecule has 0 amide bonds. The van der Waals surface area contributed by atoms with Crippen LogP contribution in [0.5, 0.6) is 0 Å². The Balaban J connectivity index is 2.35. The van der Waals surface area contributed by atoms with Gasteiger partial charge in [-0.2, -0.15) is 5.10 Å². The van der Waals surface area contributed by atoms with Crippen LogP contribution in [0, 0.1) is 18.6 Å². The molecule has 1 unspecified atom stereocenters. The van der Waals surface area contributed by atoms with Crippen LogP contribution in [0.1, 0.15) is 30.0 Å². The van der Waals surface area contributed by atoms with Gasteiger partial charge in [0.05, 0.1) is 27.0 Å². The first-order valence-electron chi connectivity index (χ1n) is 6.40. The standard InChI is InChI=1S/C14H14BrClF2N2O/c1-3-20-10(13(16)7(2)19-20)6-11(21)8-4-5-9(17)14(18)12(8)15/h4-5,11,21H,3,6H2,1-2H3. The van der Waals surface area contributed by atoms with Crippen molar-refractivity contribution in [2.24, 2.45) is 0 Å². The minimum atomic E-state index is -1.02. The largest absolute Gasteiger partial charge is 0.388 e. The van der Waals surface area contributed by atoms with Gasteiger partial charge in [-0.25, -0.2) is 8.78 Å². The number of hydrogen-bond donors (Lipinski definition) is 1. The van der Waals surface area contributed by atoms with Crippen LogP contribution in [0.3, 0.4) is 0 Å². The lowest BCUT2D eigenvalue weighted by Crippen LogP contribution is -2.10. The van der Waals surface area contributed by atoms with Crippen LogP contribution in [0.4, 0.5) is 8.78 Å². The molecule has 2 rings (SSSR count). The van der Waals surface area contributed by atoms with Gasteiger partial charge in [-0.3, -0.25) is 4.68 Å². The zero-order valence-electron chi connectivity index (χ0n) is 11.5. The monoisotopic (exact) mass is 378 g/mol. The highest BCUT2D eigenvalue weighted by atomic mass is 79.9. The van der Waals surface area contributed by atoms with Crippen molar-refractivity contribution in [1.82, 2.24) is 9.78 Å². The Labute approximate surface area is 134 Å². The minimum absolute atomic E-state index is 0.0783. The molecule has 2 aromatic rings. The van der Waals surface area contributed by atoms with E-state index >= 15 is 0 Å². The Morgan fingerprint density at radius 1 is 1.43 bits per heavy atom. The van der Waals surface area contributed by atoms with Gasteiger partial charge in [-0.1, -0.05) is 17.7 Å². The van der Waals surface area contributed by atoms with E-state index in [-0.39, 0.29) is 16.5 Å². The summed E-state index contributed by atoms with van der Waals surface area (Å²) in [5.41, 5.74) is 1.61. The van der Waals surface area contributed by atoms with Crippen LogP contribution in [-0.4, -0.2) is 14.9 Å². The maximum absolute atomic E-state index is 13.5. The van der Waals surface area contributed by atoms with E-state index in [0.717, 1.165) is 6.07 Å². The van der Waals surface area contributed by atoms with Crippen molar-refractivity contribution in [1.29, 1.82) is 0 Å². The second-order valence-corrected chi connectivity index (χ2v) is 5.82. The molecule has 0 aliphatic heterocycles. The summed E-state index contributed by atoms with van der Waals surface area (Å²) in [5, 5.41) is 15.0. The number of rotatable bonds is 4. The summed E-state index contributed by atoms with van der Waals surface area (Å²) < 4.78 is 28.3. The number of aryl methyl sites for hydroxylation is 2. The van der Waals surface area contributed by atoms with E-state index in [1.54, 1.807) is 11.6 Å². The zero-order valence-corrected chi connectivity index (χ0v) is 13.8. The molecule has 0 fully saturated rings. The lowest BCUT2D eigenvalue weighted by atomic mass is 10.0. The fraction of sp³-hybridized carbons (Fsp3) is 0.357. The van der Waals surface area contributed by atoms with Crippen molar-refractivity contribution in [2.45, 2.75) is 32.9 Å². The van der Waals surface area contributed by atoms with Crippen molar-refractivity contribution < 1.29 is 13.9 Å². The molecule has 3 nitrogen and oxygen atoms in total. The van der Waals surface area contributed by atoms with Gasteiger partial charge in [-0.15, -0.1) is 0 Å². The smallest absolute Gasteiger partial charge is 0.173 e. The van der Waals surface area contributed by atoms with E-state index in [1.807, 2.05) is 6.92 Å². The van der Waals surface area contributed by atoms with Crippen LogP contribution < -0.4 is 0 Å². The molecule has 0 saturated heterocycles. The van der Waals surface area contributed by atoms with Gasteiger partial charge >= 0.3 is 0 Å². The SMILES string of the molecule is CCn1nc(C)c(Cl)c1CC(O)c1ccc(F)c(F)c1Br. The average molecular weight is 380 g/mol. The van der Waals surface area contributed by atoms with Gasteiger partial charge in [0, 0.05) is 13.0 Å². The van der Waals surface area contributed by atoms with Crippen molar-refractivity contribution in [2.75, 3.05) is 0 Å². The molecule has 7 heteroatoms. The summed E-state index contributed by atoms with van der Waals surface area (Å²) in [6, 6.07) is 2.34. The van der Waals surface area contributed by atoms with Gasteiger partial charge in [0.15, 0.2) is 11.6 Å². The molecule has 0 radical (unpaired) electrons. The second-order valence-electron chi connectivity index (χ2n) is 4.65. The number of hydrogen-bond acceptors (Lipinski definition) is 2. The van der Waals surface area contributed by atoms with E-state index in [0.29, 0.717) is 23.0 Å². The predicted molar refractivity (Wildman–Crippen MR) is 80.4 cm³/mol. The summed E-state index contributed by atoms with van der Waals surface area (Å²) in [6.07, 6.45) is -0.856. The summed E-state index contributed by atoms with van der Waals surface area (Å²) >= 11 is 9.15. The molecule has 0 bridgehead atoms. The molecular formula is C14H14BrClF2N2O. The molecular weight excluding hydrogens is 366 g/mol. The van der Waals surface area contributed by atoms with Gasteiger partial charge in [0.1, 0.15) is 0 Å². The normalized spacial score (nSPS) is 12.7. The molecule has 1 aromatic heterocycles. The van der Waals surface area contributed by atoms with Gasteiger partial charge in [-0.05, 0) is 41.4 Å². The van der Waals surface area contributed by atoms with E-state index in [1.165, 1.54) is 6.07 Å². The Kier molecular flexibility index (Phi) is 5.01. The molecule has 0 aliphatic carbocycles. The molecule has 0 aliphatic rings. The lowest BCUT2D eigenvalue weighted by Gasteiger charge is -2.14. The number of aromatic nitrogens is 2. The first-order chi connectivity index (χ1) is 9.86. The Bertz CT molecular complexity index is 675. The molecule has 1 atom stereocenters. The van der Waals surface area contributed by atoms with Gasteiger partial charge in [0.25, 0.3) is 0 Å². The first kappa shape index (κ1) is 16.4. The number of aliphatic hydroxyl groups excluding tert-OH is 1. The third-order valence-electron chi connectivity index (χ3n) is 3.26. The number of benzene rings is 1. The summed E-state index contributed by atoms with van der Waals surface area (Å²) in [5.74, 6) is -1.98. The minimum Gasteiger partial charge on any atom is -0.388 e. The Morgan fingerprint density at radius 3 is 2.71 bits per heavy atom. The summed E-state index contributed by atoms with van der Waals surface area (Å²) in [6.45, 7) is 4.29. The van der Waals surface area contributed by atoms with Crippen LogP contribution in [0.25, 0.3) is 0 Å². The third-order valence-corrected chi connectivity index (χ3v) is 4.56. The van der Waals surface area contributed by atoms with Crippen molar-refractivity contribution in [3.63, 3.8) is 0 Å². The van der Waals surface area contributed by atoms with Crippen LogP contribution in [0.15, 0.2) is 16.6 Å².